The number of fused-ring (bicyclic) bond motifs is 3. The zero-order valence-corrected chi connectivity index (χ0v) is 28.8. The molecule has 5 aromatic rings. The van der Waals surface area contributed by atoms with E-state index in [0.29, 0.717) is 5.56 Å². The fourth-order valence-electron chi connectivity index (χ4n) is 6.30. The van der Waals surface area contributed by atoms with Crippen molar-refractivity contribution in [3.63, 3.8) is 0 Å². The molecule has 1 aliphatic carbocycles. The van der Waals surface area contributed by atoms with E-state index in [4.69, 9.17) is 9.47 Å². The van der Waals surface area contributed by atoms with Crippen LogP contribution in [0.2, 0.25) is 0 Å². The maximum Gasteiger partial charge on any atom is 0.413 e. The Bertz CT molecular complexity index is 2090. The van der Waals surface area contributed by atoms with Gasteiger partial charge in [0.25, 0.3) is 0 Å². The number of hydrogen-bond donors (Lipinski definition) is 3. The molecule has 0 spiro atoms. The number of nitrogens with one attached hydrogen (secondary N) is 2. The summed E-state index contributed by atoms with van der Waals surface area (Å²) in [7, 11) is 0. The number of carbonyl (C=O) groups excluding carboxylic acids is 3. The molecule has 13 heteroatoms. The second-order valence-electron chi connectivity index (χ2n) is 12.4. The molecule has 3 amide bonds. The molecule has 4 aromatic carbocycles. The summed E-state index contributed by atoms with van der Waals surface area (Å²) in [5, 5.41) is 14.6. The predicted molar refractivity (Wildman–Crippen MR) is 195 cm³/mol. The van der Waals surface area contributed by atoms with Crippen molar-refractivity contribution >= 4 is 29.9 Å². The number of carbonyl (C=O) groups is 4. The van der Waals surface area contributed by atoms with Crippen LogP contribution in [-0.2, 0) is 25.6 Å². The Morgan fingerprint density at radius 1 is 0.830 bits per heavy atom. The van der Waals surface area contributed by atoms with Crippen LogP contribution in [0.4, 0.5) is 15.4 Å². The third-order valence-electron chi connectivity index (χ3n) is 8.81. The number of aryl methyl sites for hydroxylation is 1. The molecule has 0 unspecified atom stereocenters. The second-order valence-corrected chi connectivity index (χ2v) is 12.4. The summed E-state index contributed by atoms with van der Waals surface area (Å²) in [6.45, 7) is 0.228. The number of alkyl carbamates (subject to hydrolysis) is 1. The lowest BCUT2D eigenvalue weighted by Crippen LogP contribution is -2.44. The first-order valence-electron chi connectivity index (χ1n) is 16.9. The van der Waals surface area contributed by atoms with Crippen LogP contribution >= 0.6 is 0 Å². The van der Waals surface area contributed by atoms with E-state index in [2.05, 4.69) is 15.6 Å². The predicted octanol–water partition coefficient (Wildman–Crippen LogP) is 5.34. The fourth-order valence-corrected chi connectivity index (χ4v) is 6.30. The van der Waals surface area contributed by atoms with Crippen molar-refractivity contribution in [2.45, 2.75) is 25.5 Å². The summed E-state index contributed by atoms with van der Waals surface area (Å²) in [4.78, 5) is 68.4. The quantitative estimate of drug-likeness (QED) is 0.146. The van der Waals surface area contributed by atoms with Gasteiger partial charge in [0.2, 0.25) is 5.91 Å². The van der Waals surface area contributed by atoms with E-state index in [1.54, 1.807) is 6.92 Å². The van der Waals surface area contributed by atoms with Gasteiger partial charge in [0.1, 0.15) is 25.5 Å². The number of carboxylic acid groups (broad SMARTS) is 1. The fraction of sp³-hybridized carbons (Fsp3) is 0.200. The van der Waals surface area contributed by atoms with Crippen LogP contribution in [-0.4, -0.2) is 69.9 Å². The average Bonchev–Trinajstić information content (AvgIpc) is 3.48. The Labute approximate surface area is 304 Å². The molecule has 53 heavy (non-hydrogen) atoms. The minimum absolute atomic E-state index is 0.0572. The Kier molecular flexibility index (Phi) is 11.2. The molecular formula is C40H37N5O8. The van der Waals surface area contributed by atoms with E-state index >= 15 is 0 Å². The van der Waals surface area contributed by atoms with Gasteiger partial charge >= 0.3 is 23.8 Å². The molecule has 0 radical (unpaired) electrons. The van der Waals surface area contributed by atoms with Gasteiger partial charge in [-0.1, -0.05) is 109 Å². The summed E-state index contributed by atoms with van der Waals surface area (Å²) in [6, 6.07) is 34.2. The number of carboxylic acids is 1. The Balaban J connectivity index is 1.04. The average molecular weight is 716 g/mol. The standard InChI is InChI=1S/C40H37N5O8/c1-26-22-45(38(49)42-37(26)43-40(51)53-36(27-12-4-2-5-13-27)28-14-6-3-7-15-28)23-34(46)44(24-35(47)48)21-20-41-39(50)52-25-33-31-18-10-8-16-29(31)30-17-9-11-19-32(30)33/h2-19,22,33,36H,20-21,23-25H2,1H3,(H,41,50)(H,47,48)(H,42,43,49,51). The van der Waals surface area contributed by atoms with Gasteiger partial charge in [-0.25, -0.2) is 14.4 Å². The van der Waals surface area contributed by atoms with Crippen LogP contribution in [0.1, 0.15) is 39.8 Å². The van der Waals surface area contributed by atoms with Crippen molar-refractivity contribution in [2.75, 3.05) is 31.6 Å². The number of ether oxygens (including phenoxy) is 2. The molecule has 3 N–H and O–H groups in total. The summed E-state index contributed by atoms with van der Waals surface area (Å²) < 4.78 is 12.3. The van der Waals surface area contributed by atoms with Crippen LogP contribution < -0.4 is 16.3 Å². The van der Waals surface area contributed by atoms with Crippen LogP contribution in [0.15, 0.2) is 120 Å². The van der Waals surface area contributed by atoms with E-state index in [-0.39, 0.29) is 31.4 Å². The summed E-state index contributed by atoms with van der Waals surface area (Å²) in [6.07, 6.45) is -0.952. The van der Waals surface area contributed by atoms with Crippen LogP contribution in [0.5, 0.6) is 0 Å². The SMILES string of the molecule is Cc1cn(CC(=O)N(CCNC(=O)OCC2c3ccccc3-c3ccccc32)CC(=O)O)c(=O)nc1NC(=O)OC(c1ccccc1)c1ccccc1. The molecule has 13 nitrogen and oxygen atoms in total. The van der Waals surface area contributed by atoms with Gasteiger partial charge in [0.05, 0.1) is 0 Å². The van der Waals surface area contributed by atoms with Gasteiger partial charge < -0.3 is 24.8 Å². The van der Waals surface area contributed by atoms with Crippen LogP contribution in [0.3, 0.4) is 0 Å². The van der Waals surface area contributed by atoms with Crippen molar-refractivity contribution in [1.29, 1.82) is 0 Å². The Hall–Kier alpha value is -6.76. The molecular weight excluding hydrogens is 678 g/mol. The largest absolute Gasteiger partial charge is 0.480 e. The zero-order valence-electron chi connectivity index (χ0n) is 28.8. The van der Waals surface area contributed by atoms with Gasteiger partial charge in [0.15, 0.2) is 6.10 Å². The molecule has 0 saturated carbocycles. The maximum absolute atomic E-state index is 13.2. The van der Waals surface area contributed by atoms with Gasteiger partial charge in [-0.05, 0) is 40.3 Å². The number of aromatic nitrogens is 2. The number of aliphatic carboxylic acids is 1. The summed E-state index contributed by atoms with van der Waals surface area (Å²) >= 11 is 0. The zero-order chi connectivity index (χ0) is 37.3. The van der Waals surface area contributed by atoms with Gasteiger partial charge in [-0.3, -0.25) is 19.5 Å². The molecule has 0 aliphatic heterocycles. The molecule has 0 fully saturated rings. The lowest BCUT2D eigenvalue weighted by molar-refractivity contribution is -0.144. The third-order valence-corrected chi connectivity index (χ3v) is 8.81. The molecule has 6 rings (SSSR count). The summed E-state index contributed by atoms with van der Waals surface area (Å²) in [5.41, 5.74) is 5.29. The van der Waals surface area contributed by atoms with Crippen LogP contribution in [0, 0.1) is 6.92 Å². The molecule has 0 atom stereocenters. The van der Waals surface area contributed by atoms with Crippen molar-refractivity contribution < 1.29 is 33.8 Å². The van der Waals surface area contributed by atoms with Crippen LogP contribution in [0.25, 0.3) is 11.1 Å². The first-order valence-corrected chi connectivity index (χ1v) is 16.9. The minimum Gasteiger partial charge on any atom is -0.480 e. The van der Waals surface area contributed by atoms with Gasteiger partial charge in [-0.2, -0.15) is 4.98 Å². The number of hydrogen-bond acceptors (Lipinski definition) is 8. The molecule has 1 aliphatic rings. The molecule has 1 heterocycles. The first kappa shape index (κ1) is 36.0. The van der Waals surface area contributed by atoms with Crippen molar-refractivity contribution in [2.24, 2.45) is 0 Å². The number of amides is 3. The molecule has 0 saturated heterocycles. The van der Waals surface area contributed by atoms with E-state index in [1.807, 2.05) is 109 Å². The highest BCUT2D eigenvalue weighted by Crippen LogP contribution is 2.44. The normalized spacial score (nSPS) is 11.7. The number of nitrogens with zero attached hydrogens (tertiary/aromatic N) is 3. The van der Waals surface area contributed by atoms with E-state index in [0.717, 1.165) is 42.8 Å². The lowest BCUT2D eigenvalue weighted by Gasteiger charge is -2.22. The Morgan fingerprint density at radius 2 is 1.40 bits per heavy atom. The van der Waals surface area contributed by atoms with E-state index < -0.39 is 48.9 Å². The highest BCUT2D eigenvalue weighted by molar-refractivity contribution is 5.85. The van der Waals surface area contributed by atoms with Gasteiger partial charge in [0, 0.05) is 30.8 Å². The number of anilines is 1. The van der Waals surface area contributed by atoms with E-state index in [9.17, 15) is 29.1 Å². The van der Waals surface area contributed by atoms with Gasteiger partial charge in [-0.15, -0.1) is 0 Å². The monoisotopic (exact) mass is 715 g/mol. The number of benzene rings is 4. The maximum atomic E-state index is 13.2. The molecule has 0 bridgehead atoms. The van der Waals surface area contributed by atoms with Crippen molar-refractivity contribution in [1.82, 2.24) is 19.8 Å². The van der Waals surface area contributed by atoms with Crippen molar-refractivity contribution in [3.05, 3.63) is 154 Å². The van der Waals surface area contributed by atoms with E-state index in [1.165, 1.54) is 6.20 Å². The third kappa shape index (κ3) is 8.76. The second kappa shape index (κ2) is 16.5. The first-order chi connectivity index (χ1) is 25.7. The molecule has 1 aromatic heterocycles. The summed E-state index contributed by atoms with van der Waals surface area (Å²) in [5.74, 6) is -2.16. The minimum atomic E-state index is -1.27. The highest BCUT2D eigenvalue weighted by Gasteiger charge is 2.29. The highest BCUT2D eigenvalue weighted by atomic mass is 16.6. The Morgan fingerprint density at radius 3 is 1.98 bits per heavy atom. The lowest BCUT2D eigenvalue weighted by atomic mass is 9.98. The molecule has 270 valence electrons. The topological polar surface area (TPSA) is 169 Å². The number of rotatable bonds is 13. The smallest absolute Gasteiger partial charge is 0.413 e. The van der Waals surface area contributed by atoms with Crippen molar-refractivity contribution in [3.8, 4) is 11.1 Å².